The maximum atomic E-state index is 12.0. The van der Waals surface area contributed by atoms with Gasteiger partial charge in [-0.25, -0.2) is 5.01 Å². The van der Waals surface area contributed by atoms with Crippen LogP contribution in [0.15, 0.2) is 59.7 Å². The smallest absolute Gasteiger partial charge is 0.253 e. The van der Waals surface area contributed by atoms with Gasteiger partial charge in [0.1, 0.15) is 0 Å². The lowest BCUT2D eigenvalue weighted by Crippen LogP contribution is -2.19. The Hall–Kier alpha value is -2.62. The molecule has 0 radical (unpaired) electrons. The molecule has 0 spiro atoms. The van der Waals surface area contributed by atoms with Crippen molar-refractivity contribution in [3.63, 3.8) is 0 Å². The van der Waals surface area contributed by atoms with Gasteiger partial charge in [-0.1, -0.05) is 30.3 Å². The maximum Gasteiger partial charge on any atom is 0.253 e. The van der Waals surface area contributed by atoms with Crippen LogP contribution in [-0.2, 0) is 4.79 Å². The highest BCUT2D eigenvalue weighted by Crippen LogP contribution is 2.22. The van der Waals surface area contributed by atoms with Gasteiger partial charge in [0.05, 0.1) is 17.8 Å². The van der Waals surface area contributed by atoms with Gasteiger partial charge >= 0.3 is 0 Å². The summed E-state index contributed by atoms with van der Waals surface area (Å²) in [5.41, 5.74) is 8.85. The van der Waals surface area contributed by atoms with E-state index in [2.05, 4.69) is 5.10 Å². The van der Waals surface area contributed by atoms with E-state index in [-0.39, 0.29) is 5.91 Å². The number of benzene rings is 2. The van der Waals surface area contributed by atoms with E-state index in [1.807, 2.05) is 54.6 Å². The lowest BCUT2D eigenvalue weighted by atomic mass is 10.1. The molecule has 1 heterocycles. The quantitative estimate of drug-likeness (QED) is 0.833. The summed E-state index contributed by atoms with van der Waals surface area (Å²) in [6.45, 7) is 0. The minimum Gasteiger partial charge on any atom is -0.399 e. The molecule has 2 aromatic carbocycles. The molecule has 0 fully saturated rings. The molecule has 1 aliphatic rings. The second-order valence-corrected chi connectivity index (χ2v) is 4.39. The van der Waals surface area contributed by atoms with Crippen molar-refractivity contribution in [3.05, 3.63) is 60.2 Å². The number of rotatable bonds is 2. The number of nitrogens with zero attached hydrogens (tertiary/aromatic N) is 2. The number of hydrogen-bond acceptors (Lipinski definition) is 3. The van der Waals surface area contributed by atoms with Crippen molar-refractivity contribution in [1.82, 2.24) is 0 Å². The Kier molecular flexibility index (Phi) is 2.76. The monoisotopic (exact) mass is 251 g/mol. The number of anilines is 2. The van der Waals surface area contributed by atoms with E-state index in [1.54, 1.807) is 0 Å². The van der Waals surface area contributed by atoms with E-state index in [1.165, 1.54) is 5.01 Å². The molecule has 3 rings (SSSR count). The minimum atomic E-state index is -0.0157. The number of amides is 1. The van der Waals surface area contributed by atoms with Gasteiger partial charge in [0, 0.05) is 5.69 Å². The van der Waals surface area contributed by atoms with Gasteiger partial charge in [0.15, 0.2) is 0 Å². The Morgan fingerprint density at radius 2 is 1.68 bits per heavy atom. The van der Waals surface area contributed by atoms with Gasteiger partial charge in [0.25, 0.3) is 5.91 Å². The number of carbonyl (C=O) groups excluding carboxylic acids is 1. The fourth-order valence-corrected chi connectivity index (χ4v) is 2.04. The predicted molar refractivity (Wildman–Crippen MR) is 75.9 cm³/mol. The molecule has 1 amide bonds. The van der Waals surface area contributed by atoms with Crippen molar-refractivity contribution in [2.45, 2.75) is 6.42 Å². The van der Waals surface area contributed by atoms with Crippen LogP contribution in [0.1, 0.15) is 12.0 Å². The largest absolute Gasteiger partial charge is 0.399 e. The van der Waals surface area contributed by atoms with Gasteiger partial charge in [-0.05, 0) is 29.8 Å². The number of carbonyl (C=O) groups is 1. The van der Waals surface area contributed by atoms with Crippen molar-refractivity contribution in [2.24, 2.45) is 5.10 Å². The molecule has 94 valence electrons. The summed E-state index contributed by atoms with van der Waals surface area (Å²) in [6.07, 6.45) is 0.318. The molecule has 0 saturated carbocycles. The van der Waals surface area contributed by atoms with Crippen molar-refractivity contribution in [2.75, 3.05) is 10.7 Å². The standard InChI is InChI=1S/C15H13N3O/c16-12-8-6-11(7-9-12)14-10-15(19)18(17-14)13-4-2-1-3-5-13/h1-9H,10,16H2. The molecule has 1 aliphatic heterocycles. The summed E-state index contributed by atoms with van der Waals surface area (Å²) >= 11 is 0. The van der Waals surface area contributed by atoms with Crippen LogP contribution < -0.4 is 10.7 Å². The van der Waals surface area contributed by atoms with Crippen LogP contribution in [0, 0.1) is 0 Å². The Balaban J connectivity index is 1.93. The molecule has 0 bridgehead atoms. The van der Waals surface area contributed by atoms with E-state index in [0.29, 0.717) is 12.1 Å². The van der Waals surface area contributed by atoms with Crippen molar-refractivity contribution >= 4 is 23.0 Å². The molecule has 19 heavy (non-hydrogen) atoms. The zero-order valence-corrected chi connectivity index (χ0v) is 10.3. The normalized spacial score (nSPS) is 14.6. The summed E-state index contributed by atoms with van der Waals surface area (Å²) in [7, 11) is 0. The topological polar surface area (TPSA) is 58.7 Å². The third kappa shape index (κ3) is 2.20. The first-order chi connectivity index (χ1) is 9.24. The maximum absolute atomic E-state index is 12.0. The van der Waals surface area contributed by atoms with E-state index in [4.69, 9.17) is 5.73 Å². The lowest BCUT2D eigenvalue weighted by Gasteiger charge is -2.10. The van der Waals surface area contributed by atoms with Crippen LogP contribution in [0.25, 0.3) is 0 Å². The fraction of sp³-hybridized carbons (Fsp3) is 0.0667. The van der Waals surface area contributed by atoms with Gasteiger partial charge in [-0.15, -0.1) is 0 Å². The van der Waals surface area contributed by atoms with Gasteiger partial charge in [0.2, 0.25) is 0 Å². The molecule has 0 saturated heterocycles. The van der Waals surface area contributed by atoms with E-state index in [0.717, 1.165) is 17.0 Å². The lowest BCUT2D eigenvalue weighted by molar-refractivity contribution is -0.116. The predicted octanol–water partition coefficient (Wildman–Crippen LogP) is 2.41. The highest BCUT2D eigenvalue weighted by molar-refractivity contribution is 6.19. The number of hydrogen-bond donors (Lipinski definition) is 1. The SMILES string of the molecule is Nc1ccc(C2=NN(c3ccccc3)C(=O)C2)cc1. The molecule has 2 aromatic rings. The Bertz CT molecular complexity index is 632. The average Bonchev–Trinajstić information content (AvgIpc) is 2.83. The molecular formula is C15H13N3O. The van der Waals surface area contributed by atoms with Crippen molar-refractivity contribution < 1.29 is 4.79 Å². The molecule has 2 N–H and O–H groups in total. The Morgan fingerprint density at radius 3 is 2.37 bits per heavy atom. The second-order valence-electron chi connectivity index (χ2n) is 4.39. The number of para-hydroxylation sites is 1. The first-order valence-corrected chi connectivity index (χ1v) is 6.05. The molecule has 4 nitrogen and oxygen atoms in total. The minimum absolute atomic E-state index is 0.0157. The van der Waals surface area contributed by atoms with E-state index >= 15 is 0 Å². The highest BCUT2D eigenvalue weighted by Gasteiger charge is 2.25. The van der Waals surface area contributed by atoms with E-state index in [9.17, 15) is 4.79 Å². The van der Waals surface area contributed by atoms with Crippen molar-refractivity contribution in [1.29, 1.82) is 0 Å². The van der Waals surface area contributed by atoms with Crippen LogP contribution in [0.4, 0.5) is 11.4 Å². The van der Waals surface area contributed by atoms with Crippen LogP contribution in [-0.4, -0.2) is 11.6 Å². The average molecular weight is 251 g/mol. The molecule has 0 aromatic heterocycles. The number of hydrazone groups is 1. The van der Waals surface area contributed by atoms with Crippen LogP contribution in [0.5, 0.6) is 0 Å². The molecule has 0 unspecified atom stereocenters. The summed E-state index contributed by atoms with van der Waals surface area (Å²) in [5, 5.41) is 5.85. The van der Waals surface area contributed by atoms with Crippen molar-refractivity contribution in [3.8, 4) is 0 Å². The number of nitrogens with two attached hydrogens (primary N) is 1. The van der Waals surface area contributed by atoms with Gasteiger partial charge in [-0.3, -0.25) is 4.79 Å². The van der Waals surface area contributed by atoms with Crippen LogP contribution in [0.2, 0.25) is 0 Å². The summed E-state index contributed by atoms with van der Waals surface area (Å²) in [6, 6.07) is 16.8. The zero-order valence-electron chi connectivity index (χ0n) is 10.3. The summed E-state index contributed by atoms with van der Waals surface area (Å²) in [5.74, 6) is -0.0157. The molecule has 4 heteroatoms. The van der Waals surface area contributed by atoms with E-state index < -0.39 is 0 Å². The first kappa shape index (κ1) is 11.5. The first-order valence-electron chi connectivity index (χ1n) is 6.05. The third-order valence-electron chi connectivity index (χ3n) is 3.02. The van der Waals surface area contributed by atoms with Gasteiger partial charge in [-0.2, -0.15) is 5.10 Å². The van der Waals surface area contributed by atoms with Crippen LogP contribution >= 0.6 is 0 Å². The third-order valence-corrected chi connectivity index (χ3v) is 3.02. The zero-order chi connectivity index (χ0) is 13.2. The summed E-state index contributed by atoms with van der Waals surface area (Å²) < 4.78 is 0. The Labute approximate surface area is 111 Å². The molecule has 0 atom stereocenters. The molecular weight excluding hydrogens is 238 g/mol. The highest BCUT2D eigenvalue weighted by atomic mass is 16.2. The summed E-state index contributed by atoms with van der Waals surface area (Å²) in [4.78, 5) is 12.0. The second kappa shape index (κ2) is 4.57. The number of nitrogen functional groups attached to an aromatic ring is 1. The Morgan fingerprint density at radius 1 is 1.00 bits per heavy atom. The fourth-order valence-electron chi connectivity index (χ4n) is 2.04. The van der Waals surface area contributed by atoms with Gasteiger partial charge < -0.3 is 5.73 Å². The molecule has 0 aliphatic carbocycles. The van der Waals surface area contributed by atoms with Crippen LogP contribution in [0.3, 0.4) is 0 Å².